The molecular weight excluding hydrogens is 222 g/mol. The Morgan fingerprint density at radius 3 is 2.62 bits per heavy atom. The summed E-state index contributed by atoms with van der Waals surface area (Å²) in [6.07, 6.45) is 2.14. The summed E-state index contributed by atoms with van der Waals surface area (Å²) in [5.41, 5.74) is 6.94. The molecule has 90 valence electrons. The van der Waals surface area contributed by atoms with Gasteiger partial charge in [0.15, 0.2) is 0 Å². The van der Waals surface area contributed by atoms with E-state index in [2.05, 4.69) is 13.0 Å². The number of nitrogens with two attached hydrogens (primary N) is 1. The second kappa shape index (κ2) is 6.89. The Labute approximate surface area is 103 Å². The van der Waals surface area contributed by atoms with E-state index in [4.69, 9.17) is 22.1 Å². The summed E-state index contributed by atoms with van der Waals surface area (Å²) < 4.78 is 5.26. The minimum absolute atomic E-state index is 0.246. The van der Waals surface area contributed by atoms with Gasteiger partial charge in [-0.25, -0.2) is 0 Å². The predicted molar refractivity (Wildman–Crippen MR) is 68.8 cm³/mol. The third-order valence-electron chi connectivity index (χ3n) is 2.87. The van der Waals surface area contributed by atoms with Crippen LogP contribution in [0.2, 0.25) is 5.02 Å². The van der Waals surface area contributed by atoms with Crippen molar-refractivity contribution in [3.05, 3.63) is 34.9 Å². The van der Waals surface area contributed by atoms with Crippen molar-refractivity contribution in [3.63, 3.8) is 0 Å². The maximum absolute atomic E-state index is 6.12. The molecule has 0 radical (unpaired) electrons. The van der Waals surface area contributed by atoms with Crippen LogP contribution >= 0.6 is 11.6 Å². The van der Waals surface area contributed by atoms with E-state index in [1.54, 1.807) is 7.11 Å². The van der Waals surface area contributed by atoms with E-state index in [1.165, 1.54) is 5.56 Å². The quantitative estimate of drug-likeness (QED) is 0.831. The summed E-state index contributed by atoms with van der Waals surface area (Å²) in [5.74, 6) is 0.426. The third kappa shape index (κ3) is 4.12. The van der Waals surface area contributed by atoms with Crippen molar-refractivity contribution in [3.8, 4) is 0 Å². The van der Waals surface area contributed by atoms with E-state index in [0.29, 0.717) is 12.5 Å². The zero-order chi connectivity index (χ0) is 12.0. The smallest absolute Gasteiger partial charge is 0.0546 e. The van der Waals surface area contributed by atoms with E-state index < -0.39 is 0 Å². The topological polar surface area (TPSA) is 35.2 Å². The summed E-state index contributed by atoms with van der Waals surface area (Å²) >= 11 is 6.12. The van der Waals surface area contributed by atoms with Crippen molar-refractivity contribution in [1.82, 2.24) is 0 Å². The molecule has 0 fully saturated rings. The lowest BCUT2D eigenvalue weighted by Crippen LogP contribution is -2.22. The first-order valence-electron chi connectivity index (χ1n) is 5.63. The van der Waals surface area contributed by atoms with Crippen LogP contribution in [-0.2, 0) is 11.2 Å². The van der Waals surface area contributed by atoms with Crippen molar-refractivity contribution in [2.45, 2.75) is 25.9 Å². The lowest BCUT2D eigenvalue weighted by atomic mass is 9.94. The van der Waals surface area contributed by atoms with E-state index >= 15 is 0 Å². The van der Waals surface area contributed by atoms with Crippen LogP contribution in [0, 0.1) is 5.92 Å². The number of halogens is 1. The molecule has 0 aliphatic heterocycles. The third-order valence-corrected chi connectivity index (χ3v) is 3.24. The zero-order valence-electron chi connectivity index (χ0n) is 9.95. The molecule has 3 heteroatoms. The molecule has 0 amide bonds. The Bertz CT molecular complexity index is 317. The van der Waals surface area contributed by atoms with Gasteiger partial charge in [-0.3, -0.25) is 0 Å². The number of hydrogen-bond acceptors (Lipinski definition) is 2. The highest BCUT2D eigenvalue weighted by Crippen LogP contribution is 2.21. The highest BCUT2D eigenvalue weighted by Gasteiger charge is 2.13. The highest BCUT2D eigenvalue weighted by molar-refractivity contribution is 6.31. The van der Waals surface area contributed by atoms with Gasteiger partial charge in [-0.05, 0) is 43.9 Å². The van der Waals surface area contributed by atoms with Gasteiger partial charge in [0.05, 0.1) is 6.10 Å². The molecule has 2 N–H and O–H groups in total. The second-order valence-electron chi connectivity index (χ2n) is 4.18. The lowest BCUT2D eigenvalue weighted by molar-refractivity contribution is 0.0959. The van der Waals surface area contributed by atoms with Crippen molar-refractivity contribution in [2.24, 2.45) is 11.7 Å². The average molecular weight is 242 g/mol. The largest absolute Gasteiger partial charge is 0.382 e. The molecule has 0 heterocycles. The van der Waals surface area contributed by atoms with Gasteiger partial charge in [-0.2, -0.15) is 0 Å². The van der Waals surface area contributed by atoms with Crippen molar-refractivity contribution in [2.75, 3.05) is 13.7 Å². The molecule has 0 aliphatic rings. The molecule has 16 heavy (non-hydrogen) atoms. The molecule has 1 aromatic carbocycles. The molecule has 0 aliphatic carbocycles. The van der Waals surface area contributed by atoms with Crippen LogP contribution in [0.15, 0.2) is 24.3 Å². The molecule has 0 spiro atoms. The first-order chi connectivity index (χ1) is 7.67. The minimum Gasteiger partial charge on any atom is -0.382 e. The number of ether oxygens (including phenoxy) is 1. The fraction of sp³-hybridized carbons (Fsp3) is 0.538. The highest BCUT2D eigenvalue weighted by atomic mass is 35.5. The Morgan fingerprint density at radius 2 is 2.06 bits per heavy atom. The summed E-state index contributed by atoms with van der Waals surface area (Å²) in [4.78, 5) is 0. The van der Waals surface area contributed by atoms with Crippen LogP contribution in [0.4, 0.5) is 0 Å². The van der Waals surface area contributed by atoms with Crippen LogP contribution < -0.4 is 5.73 Å². The van der Waals surface area contributed by atoms with Crippen molar-refractivity contribution in [1.29, 1.82) is 0 Å². The van der Waals surface area contributed by atoms with Crippen LogP contribution in [0.1, 0.15) is 18.9 Å². The molecule has 0 bridgehead atoms. The molecule has 1 rings (SSSR count). The number of rotatable bonds is 6. The van der Waals surface area contributed by atoms with Crippen LogP contribution in [0.5, 0.6) is 0 Å². The predicted octanol–water partition coefficient (Wildman–Crippen LogP) is 2.88. The number of benzene rings is 1. The molecule has 1 aromatic rings. The molecule has 2 nitrogen and oxygen atoms in total. The van der Waals surface area contributed by atoms with Gasteiger partial charge in [0.2, 0.25) is 0 Å². The van der Waals surface area contributed by atoms with Gasteiger partial charge in [-0.1, -0.05) is 29.8 Å². The zero-order valence-corrected chi connectivity index (χ0v) is 10.7. The summed E-state index contributed by atoms with van der Waals surface area (Å²) in [6, 6.07) is 7.93. The molecular formula is C13H20ClNO. The standard InChI is InChI=1S/C13H20ClNO/c1-10(16-2)7-11(9-15)8-12-5-3-4-6-13(12)14/h3-6,10-11H,7-9,15H2,1-2H3. The first kappa shape index (κ1) is 13.5. The van der Waals surface area contributed by atoms with Gasteiger partial charge in [0.25, 0.3) is 0 Å². The first-order valence-corrected chi connectivity index (χ1v) is 6.01. The van der Waals surface area contributed by atoms with Gasteiger partial charge in [-0.15, -0.1) is 0 Å². The molecule has 0 saturated carbocycles. The van der Waals surface area contributed by atoms with Crippen molar-refractivity contribution >= 4 is 11.6 Å². The minimum atomic E-state index is 0.246. The lowest BCUT2D eigenvalue weighted by Gasteiger charge is -2.19. The van der Waals surface area contributed by atoms with Crippen molar-refractivity contribution < 1.29 is 4.74 Å². The van der Waals surface area contributed by atoms with E-state index in [0.717, 1.165) is 17.9 Å². The van der Waals surface area contributed by atoms with Crippen LogP contribution in [0.3, 0.4) is 0 Å². The fourth-order valence-electron chi connectivity index (χ4n) is 1.80. The van der Waals surface area contributed by atoms with Crippen LogP contribution in [0.25, 0.3) is 0 Å². The van der Waals surface area contributed by atoms with Gasteiger partial charge in [0.1, 0.15) is 0 Å². The summed E-state index contributed by atoms with van der Waals surface area (Å²) in [6.45, 7) is 2.73. The normalized spacial score (nSPS) is 14.8. The molecule has 0 aromatic heterocycles. The van der Waals surface area contributed by atoms with Gasteiger partial charge < -0.3 is 10.5 Å². The summed E-state index contributed by atoms with van der Waals surface area (Å²) in [7, 11) is 1.73. The van der Waals surface area contributed by atoms with E-state index in [1.807, 2.05) is 18.2 Å². The monoisotopic (exact) mass is 241 g/mol. The fourth-order valence-corrected chi connectivity index (χ4v) is 2.02. The van der Waals surface area contributed by atoms with Gasteiger partial charge in [0, 0.05) is 12.1 Å². The molecule has 2 atom stereocenters. The molecule has 2 unspecified atom stereocenters. The number of methoxy groups -OCH3 is 1. The summed E-state index contributed by atoms with van der Waals surface area (Å²) in [5, 5.41) is 0.825. The molecule has 0 saturated heterocycles. The van der Waals surface area contributed by atoms with E-state index in [9.17, 15) is 0 Å². The van der Waals surface area contributed by atoms with E-state index in [-0.39, 0.29) is 6.10 Å². The van der Waals surface area contributed by atoms with Gasteiger partial charge >= 0.3 is 0 Å². The maximum Gasteiger partial charge on any atom is 0.0546 e. The Hall–Kier alpha value is -0.570. The maximum atomic E-state index is 6.12. The Balaban J connectivity index is 2.60. The Morgan fingerprint density at radius 1 is 1.38 bits per heavy atom. The Kier molecular flexibility index (Phi) is 5.81. The average Bonchev–Trinajstić information content (AvgIpc) is 2.30. The number of hydrogen-bond donors (Lipinski definition) is 1. The second-order valence-corrected chi connectivity index (χ2v) is 4.59. The SMILES string of the molecule is COC(C)CC(CN)Cc1ccccc1Cl. The van der Waals surface area contributed by atoms with Crippen LogP contribution in [-0.4, -0.2) is 19.8 Å².